The first-order valence-electron chi connectivity index (χ1n) is 8.87. The van der Waals surface area contributed by atoms with Crippen LogP contribution in [0.5, 0.6) is 0 Å². The lowest BCUT2D eigenvalue weighted by molar-refractivity contribution is -0.137. The summed E-state index contributed by atoms with van der Waals surface area (Å²) in [7, 11) is 0. The fraction of sp³-hybridized carbons (Fsp3) is 0.350. The van der Waals surface area contributed by atoms with Crippen molar-refractivity contribution in [2.75, 3.05) is 31.1 Å². The number of carbonyl (C=O) groups excluding carboxylic acids is 1. The summed E-state index contributed by atoms with van der Waals surface area (Å²) in [5, 5.41) is 2.99. The number of piperazine rings is 1. The number of rotatable bonds is 3. The number of amides is 2. The average molecular weight is 377 g/mol. The molecular weight excluding hydrogens is 355 g/mol. The van der Waals surface area contributed by atoms with E-state index in [0.29, 0.717) is 26.2 Å². The van der Waals surface area contributed by atoms with E-state index in [-0.39, 0.29) is 12.1 Å². The van der Waals surface area contributed by atoms with Gasteiger partial charge in [0.15, 0.2) is 0 Å². The van der Waals surface area contributed by atoms with Crippen LogP contribution in [0.2, 0.25) is 0 Å². The quantitative estimate of drug-likeness (QED) is 0.866. The van der Waals surface area contributed by atoms with E-state index in [1.54, 1.807) is 4.90 Å². The Balaban J connectivity index is 1.53. The summed E-state index contributed by atoms with van der Waals surface area (Å²) in [5.41, 5.74) is 1.12. The lowest BCUT2D eigenvalue weighted by Crippen LogP contribution is -2.52. The van der Waals surface area contributed by atoms with Crippen LogP contribution in [-0.4, -0.2) is 37.1 Å². The molecule has 3 rings (SSSR count). The maximum atomic E-state index is 12.7. The number of carbonyl (C=O) groups is 1. The molecule has 1 heterocycles. The molecule has 144 valence electrons. The van der Waals surface area contributed by atoms with Crippen molar-refractivity contribution in [2.45, 2.75) is 19.1 Å². The number of hydrogen-bond acceptors (Lipinski definition) is 2. The topological polar surface area (TPSA) is 35.6 Å². The zero-order valence-corrected chi connectivity index (χ0v) is 15.0. The van der Waals surface area contributed by atoms with Crippen LogP contribution < -0.4 is 10.2 Å². The molecule has 1 unspecified atom stereocenters. The monoisotopic (exact) mass is 377 g/mol. The smallest absolute Gasteiger partial charge is 0.368 e. The highest BCUT2D eigenvalue weighted by molar-refractivity contribution is 5.75. The second-order valence-electron chi connectivity index (χ2n) is 6.60. The van der Waals surface area contributed by atoms with Gasteiger partial charge in [0.2, 0.25) is 0 Å². The first-order valence-corrected chi connectivity index (χ1v) is 8.87. The Morgan fingerprint density at radius 3 is 2.11 bits per heavy atom. The molecule has 7 heteroatoms. The zero-order valence-electron chi connectivity index (χ0n) is 15.0. The van der Waals surface area contributed by atoms with E-state index in [2.05, 4.69) is 5.32 Å². The van der Waals surface area contributed by atoms with Crippen molar-refractivity contribution < 1.29 is 18.0 Å². The summed E-state index contributed by atoms with van der Waals surface area (Å²) in [6.07, 6.45) is -4.33. The maximum absolute atomic E-state index is 12.7. The summed E-state index contributed by atoms with van der Waals surface area (Å²) in [6.45, 7) is 4.14. The Morgan fingerprint density at radius 2 is 1.56 bits per heavy atom. The van der Waals surface area contributed by atoms with Gasteiger partial charge in [0.05, 0.1) is 11.6 Å². The second kappa shape index (κ2) is 7.90. The van der Waals surface area contributed by atoms with Gasteiger partial charge in [-0.25, -0.2) is 4.79 Å². The summed E-state index contributed by atoms with van der Waals surface area (Å²) in [5.74, 6) is 0. The fourth-order valence-corrected chi connectivity index (χ4v) is 3.13. The SMILES string of the molecule is CC(NC(=O)N1CCN(c2ccc(C(F)(F)F)cc2)CC1)c1ccccc1. The van der Waals surface area contributed by atoms with E-state index in [1.165, 1.54) is 12.1 Å². The highest BCUT2D eigenvalue weighted by Crippen LogP contribution is 2.30. The highest BCUT2D eigenvalue weighted by Gasteiger charge is 2.30. The minimum atomic E-state index is -4.33. The normalized spacial score (nSPS) is 16.1. The molecule has 1 N–H and O–H groups in total. The molecule has 0 saturated carbocycles. The van der Waals surface area contributed by atoms with Crippen molar-refractivity contribution in [1.29, 1.82) is 0 Å². The van der Waals surface area contributed by atoms with Gasteiger partial charge in [-0.3, -0.25) is 0 Å². The predicted octanol–water partition coefficient (Wildman–Crippen LogP) is 4.30. The van der Waals surface area contributed by atoms with Gasteiger partial charge in [-0.1, -0.05) is 30.3 Å². The van der Waals surface area contributed by atoms with Crippen molar-refractivity contribution >= 4 is 11.7 Å². The van der Waals surface area contributed by atoms with Crippen LogP contribution in [0.15, 0.2) is 54.6 Å². The third-order valence-corrected chi connectivity index (χ3v) is 4.77. The summed E-state index contributed by atoms with van der Waals surface area (Å²) in [6, 6.07) is 14.7. The molecule has 1 atom stereocenters. The molecule has 0 spiro atoms. The standard InChI is InChI=1S/C20H22F3N3O/c1-15(16-5-3-2-4-6-16)24-19(27)26-13-11-25(12-14-26)18-9-7-17(8-10-18)20(21,22)23/h2-10,15H,11-14H2,1H3,(H,24,27). The lowest BCUT2D eigenvalue weighted by atomic mass is 10.1. The zero-order chi connectivity index (χ0) is 19.4. The predicted molar refractivity (Wildman–Crippen MR) is 98.6 cm³/mol. The number of nitrogens with one attached hydrogen (secondary N) is 1. The van der Waals surface area contributed by atoms with Crippen LogP contribution in [-0.2, 0) is 6.18 Å². The third-order valence-electron chi connectivity index (χ3n) is 4.77. The number of urea groups is 1. The van der Waals surface area contributed by atoms with Crippen molar-refractivity contribution in [3.63, 3.8) is 0 Å². The van der Waals surface area contributed by atoms with Crippen LogP contribution in [0.3, 0.4) is 0 Å². The van der Waals surface area contributed by atoms with Crippen molar-refractivity contribution in [3.05, 3.63) is 65.7 Å². The van der Waals surface area contributed by atoms with E-state index < -0.39 is 11.7 Å². The molecule has 0 aromatic heterocycles. The molecule has 0 radical (unpaired) electrons. The highest BCUT2D eigenvalue weighted by atomic mass is 19.4. The molecule has 4 nitrogen and oxygen atoms in total. The molecule has 0 aliphatic carbocycles. The number of halogens is 3. The number of nitrogens with zero attached hydrogens (tertiary/aromatic N) is 2. The van der Waals surface area contributed by atoms with Gasteiger partial charge in [0, 0.05) is 31.9 Å². The van der Waals surface area contributed by atoms with Crippen LogP contribution >= 0.6 is 0 Å². The third kappa shape index (κ3) is 4.72. The number of alkyl halides is 3. The average Bonchev–Trinajstić information content (AvgIpc) is 2.68. The number of benzene rings is 2. The van der Waals surface area contributed by atoms with Crippen molar-refractivity contribution in [1.82, 2.24) is 10.2 Å². The van der Waals surface area contributed by atoms with Gasteiger partial charge >= 0.3 is 12.2 Å². The van der Waals surface area contributed by atoms with E-state index in [9.17, 15) is 18.0 Å². The summed E-state index contributed by atoms with van der Waals surface area (Å²) < 4.78 is 38.0. The Bertz CT molecular complexity index is 754. The first-order chi connectivity index (χ1) is 12.8. The molecule has 27 heavy (non-hydrogen) atoms. The maximum Gasteiger partial charge on any atom is 0.416 e. The molecule has 1 aliphatic rings. The van der Waals surface area contributed by atoms with Gasteiger partial charge in [0.25, 0.3) is 0 Å². The van der Waals surface area contributed by atoms with E-state index in [0.717, 1.165) is 23.4 Å². The molecular formula is C20H22F3N3O. The Hall–Kier alpha value is -2.70. The van der Waals surface area contributed by atoms with Crippen molar-refractivity contribution in [2.24, 2.45) is 0 Å². The first kappa shape index (κ1) is 19.1. The van der Waals surface area contributed by atoms with Gasteiger partial charge < -0.3 is 15.1 Å². The second-order valence-corrected chi connectivity index (χ2v) is 6.60. The summed E-state index contributed by atoms with van der Waals surface area (Å²) in [4.78, 5) is 16.2. The lowest BCUT2D eigenvalue weighted by Gasteiger charge is -2.36. The molecule has 2 aromatic rings. The van der Waals surface area contributed by atoms with Crippen LogP contribution in [0.4, 0.5) is 23.7 Å². The van der Waals surface area contributed by atoms with Crippen LogP contribution in [0, 0.1) is 0 Å². The molecule has 1 saturated heterocycles. The largest absolute Gasteiger partial charge is 0.416 e. The van der Waals surface area contributed by atoms with Gasteiger partial charge in [-0.05, 0) is 36.8 Å². The molecule has 0 bridgehead atoms. The molecule has 2 amide bonds. The molecule has 1 aliphatic heterocycles. The van der Waals surface area contributed by atoms with Crippen molar-refractivity contribution in [3.8, 4) is 0 Å². The molecule has 2 aromatic carbocycles. The number of anilines is 1. The molecule has 1 fully saturated rings. The fourth-order valence-electron chi connectivity index (χ4n) is 3.13. The van der Waals surface area contributed by atoms with Gasteiger partial charge in [0.1, 0.15) is 0 Å². The Kier molecular flexibility index (Phi) is 5.58. The van der Waals surface area contributed by atoms with Crippen LogP contribution in [0.25, 0.3) is 0 Å². The number of hydrogen-bond donors (Lipinski definition) is 1. The van der Waals surface area contributed by atoms with Gasteiger partial charge in [-0.15, -0.1) is 0 Å². The minimum Gasteiger partial charge on any atom is -0.368 e. The van der Waals surface area contributed by atoms with E-state index >= 15 is 0 Å². The van der Waals surface area contributed by atoms with E-state index in [4.69, 9.17) is 0 Å². The summed E-state index contributed by atoms with van der Waals surface area (Å²) >= 11 is 0. The Morgan fingerprint density at radius 1 is 0.963 bits per heavy atom. The minimum absolute atomic E-state index is 0.0911. The van der Waals surface area contributed by atoms with Gasteiger partial charge in [-0.2, -0.15) is 13.2 Å². The Labute approximate surface area is 156 Å². The van der Waals surface area contributed by atoms with Crippen LogP contribution in [0.1, 0.15) is 24.1 Å². The van der Waals surface area contributed by atoms with E-state index in [1.807, 2.05) is 42.2 Å².